The number of rotatable bonds is 8. The quantitative estimate of drug-likeness (QED) is 0.297. The maximum atomic E-state index is 12.9. The van der Waals surface area contributed by atoms with Crippen molar-refractivity contribution in [2.75, 3.05) is 31.1 Å². The van der Waals surface area contributed by atoms with Gasteiger partial charge in [-0.15, -0.1) is 0 Å². The predicted octanol–water partition coefficient (Wildman–Crippen LogP) is 6.05. The molecule has 1 saturated heterocycles. The number of aromatic nitrogens is 1. The van der Waals surface area contributed by atoms with E-state index in [9.17, 15) is 9.59 Å². The molecule has 0 amide bonds. The van der Waals surface area contributed by atoms with Crippen LogP contribution in [0.1, 0.15) is 43.5 Å². The van der Waals surface area contributed by atoms with Crippen LogP contribution in [0, 0.1) is 5.92 Å². The van der Waals surface area contributed by atoms with Crippen LogP contribution in [0.25, 0.3) is 22.2 Å². The van der Waals surface area contributed by atoms with Gasteiger partial charge in [-0.05, 0) is 47.2 Å². The van der Waals surface area contributed by atoms with Crippen molar-refractivity contribution in [2.45, 2.75) is 39.7 Å². The van der Waals surface area contributed by atoms with Crippen molar-refractivity contribution in [3.05, 3.63) is 88.9 Å². The number of anilines is 1. The Bertz CT molecular complexity index is 1410. The van der Waals surface area contributed by atoms with E-state index in [0.29, 0.717) is 23.4 Å². The van der Waals surface area contributed by atoms with Crippen molar-refractivity contribution in [2.24, 2.45) is 5.92 Å². The van der Waals surface area contributed by atoms with Crippen molar-refractivity contribution in [1.82, 2.24) is 9.47 Å². The standard InChI is InChI=1S/C31H35N3O3/c1-3-23(2)15-16-29(35)34-28-14-8-13-27(30(28)37-31(34)36)33-19-17-32(18-20-33)22-24-9-7-12-26(21-24)25-10-5-4-6-11-25/h4-14,21,23H,3,15-20,22H2,1-2H3. The van der Waals surface area contributed by atoms with Gasteiger partial charge in [0.05, 0.1) is 5.69 Å². The van der Waals surface area contributed by atoms with Crippen molar-refractivity contribution < 1.29 is 9.21 Å². The van der Waals surface area contributed by atoms with E-state index in [1.165, 1.54) is 21.3 Å². The second-order valence-electron chi connectivity index (χ2n) is 10.1. The molecule has 6 nitrogen and oxygen atoms in total. The maximum absolute atomic E-state index is 12.9. The molecule has 0 bridgehead atoms. The van der Waals surface area contributed by atoms with Gasteiger partial charge in [-0.1, -0.05) is 74.9 Å². The first kappa shape index (κ1) is 25.0. The van der Waals surface area contributed by atoms with Crippen LogP contribution < -0.4 is 10.7 Å². The Balaban J connectivity index is 1.27. The van der Waals surface area contributed by atoms with Crippen LogP contribution in [0.4, 0.5) is 5.69 Å². The van der Waals surface area contributed by atoms with E-state index in [-0.39, 0.29) is 5.91 Å². The first-order valence-electron chi connectivity index (χ1n) is 13.3. The van der Waals surface area contributed by atoms with Gasteiger partial charge in [0.15, 0.2) is 5.58 Å². The van der Waals surface area contributed by atoms with E-state index >= 15 is 0 Å². The van der Waals surface area contributed by atoms with E-state index in [4.69, 9.17) is 4.42 Å². The molecular formula is C31H35N3O3. The summed E-state index contributed by atoms with van der Waals surface area (Å²) in [5, 5.41) is 0. The molecule has 0 radical (unpaired) electrons. The highest BCUT2D eigenvalue weighted by molar-refractivity contribution is 5.94. The topological polar surface area (TPSA) is 58.7 Å². The smallest absolute Gasteiger partial charge is 0.405 e. The van der Waals surface area contributed by atoms with E-state index < -0.39 is 5.76 Å². The molecule has 1 aliphatic rings. The number of piperazine rings is 1. The highest BCUT2D eigenvalue weighted by Gasteiger charge is 2.23. The van der Waals surface area contributed by atoms with Crippen LogP contribution in [0.15, 0.2) is 82.0 Å². The molecule has 4 aromatic rings. The molecule has 37 heavy (non-hydrogen) atoms. The molecule has 1 unspecified atom stereocenters. The summed E-state index contributed by atoms with van der Waals surface area (Å²) >= 11 is 0. The fourth-order valence-corrected chi connectivity index (χ4v) is 5.08. The minimum atomic E-state index is -0.589. The van der Waals surface area contributed by atoms with Crippen LogP contribution in [0.3, 0.4) is 0 Å². The van der Waals surface area contributed by atoms with Crippen LogP contribution in [0.5, 0.6) is 0 Å². The number of carbonyl (C=O) groups is 1. The molecule has 6 heteroatoms. The van der Waals surface area contributed by atoms with Crippen molar-refractivity contribution in [1.29, 1.82) is 0 Å². The van der Waals surface area contributed by atoms with Gasteiger partial charge in [-0.2, -0.15) is 0 Å². The van der Waals surface area contributed by atoms with Gasteiger partial charge in [0, 0.05) is 39.1 Å². The summed E-state index contributed by atoms with van der Waals surface area (Å²) in [6, 6.07) is 24.9. The Kier molecular flexibility index (Phi) is 7.56. The molecule has 0 aliphatic carbocycles. The van der Waals surface area contributed by atoms with Crippen LogP contribution in [-0.2, 0) is 6.54 Å². The number of hydrogen-bond donors (Lipinski definition) is 0. The summed E-state index contributed by atoms with van der Waals surface area (Å²) in [5.41, 5.74) is 5.73. The highest BCUT2D eigenvalue weighted by Crippen LogP contribution is 2.28. The number of fused-ring (bicyclic) bond motifs is 1. The molecule has 2 heterocycles. The fourth-order valence-electron chi connectivity index (χ4n) is 5.08. The number of nitrogens with zero attached hydrogens (tertiary/aromatic N) is 3. The third kappa shape index (κ3) is 5.54. The van der Waals surface area contributed by atoms with Crippen LogP contribution in [0.2, 0.25) is 0 Å². The van der Waals surface area contributed by atoms with Gasteiger partial charge in [-0.3, -0.25) is 9.69 Å². The second-order valence-corrected chi connectivity index (χ2v) is 10.1. The van der Waals surface area contributed by atoms with Gasteiger partial charge in [0.25, 0.3) is 0 Å². The van der Waals surface area contributed by atoms with Gasteiger partial charge in [0.2, 0.25) is 5.91 Å². The zero-order valence-electron chi connectivity index (χ0n) is 21.7. The Morgan fingerprint density at radius 2 is 1.65 bits per heavy atom. The maximum Gasteiger partial charge on any atom is 0.426 e. The average Bonchev–Trinajstić information content (AvgIpc) is 3.28. The van der Waals surface area contributed by atoms with Crippen molar-refractivity contribution >= 4 is 22.7 Å². The molecule has 3 aromatic carbocycles. The number of oxazole rings is 1. The summed E-state index contributed by atoms with van der Waals surface area (Å²) < 4.78 is 6.87. The zero-order chi connectivity index (χ0) is 25.8. The normalized spacial score (nSPS) is 15.2. The number of hydrogen-bond acceptors (Lipinski definition) is 5. The summed E-state index contributed by atoms with van der Waals surface area (Å²) in [6.07, 6.45) is 2.13. The largest absolute Gasteiger partial charge is 0.426 e. The summed E-state index contributed by atoms with van der Waals surface area (Å²) in [7, 11) is 0. The van der Waals surface area contributed by atoms with E-state index in [2.05, 4.69) is 72.2 Å². The average molecular weight is 498 g/mol. The Morgan fingerprint density at radius 1 is 0.919 bits per heavy atom. The number of carbonyl (C=O) groups excluding carboxylic acids is 1. The van der Waals surface area contributed by atoms with Gasteiger partial charge in [0.1, 0.15) is 5.52 Å². The number of para-hydroxylation sites is 1. The van der Waals surface area contributed by atoms with E-state index in [0.717, 1.165) is 51.3 Å². The summed E-state index contributed by atoms with van der Waals surface area (Å²) in [5.74, 6) is -0.331. The van der Waals surface area contributed by atoms with Gasteiger partial charge < -0.3 is 9.32 Å². The Hall–Kier alpha value is -3.64. The first-order chi connectivity index (χ1) is 18.0. The molecule has 0 N–H and O–H groups in total. The SMILES string of the molecule is CCC(C)CCC(=O)n1c(=O)oc2c(N3CCN(Cc4cccc(-c5ccccc5)c4)CC3)cccc21. The van der Waals surface area contributed by atoms with E-state index in [1.807, 2.05) is 18.2 Å². The third-order valence-corrected chi connectivity index (χ3v) is 7.54. The molecule has 0 saturated carbocycles. The zero-order valence-corrected chi connectivity index (χ0v) is 21.7. The molecule has 0 spiro atoms. The second kappa shape index (κ2) is 11.2. The van der Waals surface area contributed by atoms with Gasteiger partial charge >= 0.3 is 5.76 Å². The molecule has 1 aromatic heterocycles. The minimum absolute atomic E-state index is 0.191. The lowest BCUT2D eigenvalue weighted by molar-refractivity contribution is 0.0890. The lowest BCUT2D eigenvalue weighted by Gasteiger charge is -2.36. The molecule has 1 atom stereocenters. The Morgan fingerprint density at radius 3 is 2.41 bits per heavy atom. The lowest BCUT2D eigenvalue weighted by Crippen LogP contribution is -2.46. The summed E-state index contributed by atoms with van der Waals surface area (Å²) in [4.78, 5) is 30.2. The van der Waals surface area contributed by atoms with Gasteiger partial charge in [-0.25, -0.2) is 9.36 Å². The minimum Gasteiger partial charge on any atom is -0.405 e. The van der Waals surface area contributed by atoms with Crippen LogP contribution >= 0.6 is 0 Å². The summed E-state index contributed by atoms with van der Waals surface area (Å²) in [6.45, 7) is 8.61. The Labute approximate surface area is 218 Å². The van der Waals surface area contributed by atoms with Crippen molar-refractivity contribution in [3.8, 4) is 11.1 Å². The number of benzene rings is 3. The van der Waals surface area contributed by atoms with Crippen LogP contribution in [-0.4, -0.2) is 41.6 Å². The molecule has 1 aliphatic heterocycles. The third-order valence-electron chi connectivity index (χ3n) is 7.54. The highest BCUT2D eigenvalue weighted by atomic mass is 16.4. The molecule has 5 rings (SSSR count). The molecule has 1 fully saturated rings. The first-order valence-corrected chi connectivity index (χ1v) is 13.3. The van der Waals surface area contributed by atoms with Crippen molar-refractivity contribution in [3.63, 3.8) is 0 Å². The molecular weight excluding hydrogens is 462 g/mol. The monoisotopic (exact) mass is 497 g/mol. The molecule has 192 valence electrons. The van der Waals surface area contributed by atoms with E-state index in [1.54, 1.807) is 6.07 Å². The lowest BCUT2D eigenvalue weighted by atomic mass is 10.0. The predicted molar refractivity (Wildman–Crippen MR) is 149 cm³/mol. The fraction of sp³-hybridized carbons (Fsp3) is 0.355.